The normalized spacial score (nSPS) is 18.9. The van der Waals surface area contributed by atoms with Gasteiger partial charge in [0.05, 0.1) is 14.2 Å². The summed E-state index contributed by atoms with van der Waals surface area (Å²) in [6, 6.07) is 5.35. The van der Waals surface area contributed by atoms with Crippen LogP contribution in [0.3, 0.4) is 0 Å². The Kier molecular flexibility index (Phi) is 8.00. The minimum Gasteiger partial charge on any atom is -0.497 e. The highest BCUT2D eigenvalue weighted by molar-refractivity contribution is 5.95. The van der Waals surface area contributed by atoms with E-state index in [1.165, 1.54) is 12.8 Å². The zero-order valence-electron chi connectivity index (χ0n) is 15.7. The fourth-order valence-corrected chi connectivity index (χ4v) is 3.68. The number of hydrogen-bond donors (Lipinski definition) is 1. The number of piperidine rings is 1. The first-order valence-electron chi connectivity index (χ1n) is 9.15. The van der Waals surface area contributed by atoms with Crippen LogP contribution in [0, 0.1) is 5.92 Å². The van der Waals surface area contributed by atoms with Crippen molar-refractivity contribution in [2.24, 2.45) is 5.92 Å². The van der Waals surface area contributed by atoms with Crippen LogP contribution in [0.25, 0.3) is 0 Å². The third-order valence-electron chi connectivity index (χ3n) is 5.23. The second kappa shape index (κ2) is 10.00. The topological polar surface area (TPSA) is 54.0 Å². The summed E-state index contributed by atoms with van der Waals surface area (Å²) >= 11 is 0. The van der Waals surface area contributed by atoms with E-state index in [0.717, 1.165) is 51.7 Å². The Morgan fingerprint density at radius 2 is 1.62 bits per heavy atom. The monoisotopic (exact) mass is 383 g/mol. The number of ether oxygens (including phenoxy) is 2. The van der Waals surface area contributed by atoms with E-state index in [-0.39, 0.29) is 18.3 Å². The molecule has 2 aliphatic rings. The molecule has 146 valence electrons. The van der Waals surface area contributed by atoms with E-state index < -0.39 is 0 Å². The Balaban J connectivity index is 0.00000243. The van der Waals surface area contributed by atoms with E-state index in [1.54, 1.807) is 32.4 Å². The van der Waals surface area contributed by atoms with Gasteiger partial charge in [0, 0.05) is 44.4 Å². The summed E-state index contributed by atoms with van der Waals surface area (Å²) in [7, 11) is 3.20. The lowest BCUT2D eigenvalue weighted by atomic mass is 9.97. The molecule has 2 fully saturated rings. The van der Waals surface area contributed by atoms with E-state index in [4.69, 9.17) is 9.47 Å². The Hall–Kier alpha value is -1.50. The molecule has 2 aliphatic heterocycles. The van der Waals surface area contributed by atoms with Crippen molar-refractivity contribution >= 4 is 18.3 Å². The van der Waals surface area contributed by atoms with Crippen molar-refractivity contribution in [1.82, 2.24) is 15.1 Å². The number of amides is 1. The van der Waals surface area contributed by atoms with Gasteiger partial charge in [-0.2, -0.15) is 0 Å². The highest BCUT2D eigenvalue weighted by atomic mass is 35.5. The Morgan fingerprint density at radius 1 is 1.04 bits per heavy atom. The maximum Gasteiger partial charge on any atom is 0.254 e. The number of hydrogen-bond acceptors (Lipinski definition) is 5. The molecule has 3 rings (SSSR count). The number of nitrogens with zero attached hydrogens (tertiary/aromatic N) is 2. The van der Waals surface area contributed by atoms with Crippen molar-refractivity contribution in [3.63, 3.8) is 0 Å². The molecule has 0 bridgehead atoms. The lowest BCUT2D eigenvalue weighted by Crippen LogP contribution is -2.50. The maximum atomic E-state index is 12.8. The van der Waals surface area contributed by atoms with Crippen LogP contribution in [0.2, 0.25) is 0 Å². The SMILES string of the molecule is COc1cc(OC)cc(C(=O)N2CCN(CC3CCNCC3)CC2)c1.Cl. The highest BCUT2D eigenvalue weighted by Crippen LogP contribution is 2.24. The summed E-state index contributed by atoms with van der Waals surface area (Å²) in [6.07, 6.45) is 2.53. The second-order valence-corrected chi connectivity index (χ2v) is 6.89. The van der Waals surface area contributed by atoms with Crippen LogP contribution in [0.15, 0.2) is 18.2 Å². The Bertz CT molecular complexity index is 563. The van der Waals surface area contributed by atoms with Gasteiger partial charge in [-0.3, -0.25) is 9.69 Å². The van der Waals surface area contributed by atoms with Crippen molar-refractivity contribution in [2.45, 2.75) is 12.8 Å². The molecular weight excluding hydrogens is 354 g/mol. The standard InChI is InChI=1S/C19H29N3O3.ClH/c1-24-17-11-16(12-18(13-17)25-2)19(23)22-9-7-21(8-10-22)14-15-3-5-20-6-4-15;/h11-13,15,20H,3-10,14H2,1-2H3;1H. The van der Waals surface area contributed by atoms with E-state index >= 15 is 0 Å². The van der Waals surface area contributed by atoms with Gasteiger partial charge in [0.25, 0.3) is 5.91 Å². The van der Waals surface area contributed by atoms with Crippen molar-refractivity contribution in [2.75, 3.05) is 60.0 Å². The lowest BCUT2D eigenvalue weighted by Gasteiger charge is -2.37. The number of halogens is 1. The van der Waals surface area contributed by atoms with Crippen LogP contribution in [0.4, 0.5) is 0 Å². The summed E-state index contributed by atoms with van der Waals surface area (Å²) in [5, 5.41) is 3.42. The molecule has 1 amide bonds. The third-order valence-corrected chi connectivity index (χ3v) is 5.23. The van der Waals surface area contributed by atoms with Crippen LogP contribution < -0.4 is 14.8 Å². The minimum atomic E-state index is 0. The fraction of sp³-hybridized carbons (Fsp3) is 0.632. The maximum absolute atomic E-state index is 12.8. The molecule has 1 aromatic rings. The second-order valence-electron chi connectivity index (χ2n) is 6.89. The summed E-state index contributed by atoms with van der Waals surface area (Å²) in [5.41, 5.74) is 0.628. The molecule has 7 heteroatoms. The van der Waals surface area contributed by atoms with Crippen molar-refractivity contribution in [1.29, 1.82) is 0 Å². The van der Waals surface area contributed by atoms with Gasteiger partial charge < -0.3 is 19.7 Å². The summed E-state index contributed by atoms with van der Waals surface area (Å²) < 4.78 is 10.5. The van der Waals surface area contributed by atoms with E-state index in [1.807, 2.05) is 4.90 Å². The Morgan fingerprint density at radius 3 is 2.15 bits per heavy atom. The van der Waals surface area contributed by atoms with Gasteiger partial charge in [-0.25, -0.2) is 0 Å². The number of carbonyl (C=O) groups is 1. The molecule has 0 saturated carbocycles. The number of carbonyl (C=O) groups excluding carboxylic acids is 1. The molecular formula is C19H30ClN3O3. The number of nitrogens with one attached hydrogen (secondary N) is 1. The number of piperazine rings is 1. The van der Waals surface area contributed by atoms with Gasteiger partial charge in [0.1, 0.15) is 11.5 Å². The molecule has 2 heterocycles. The largest absolute Gasteiger partial charge is 0.497 e. The van der Waals surface area contributed by atoms with Crippen LogP contribution in [0.1, 0.15) is 23.2 Å². The van der Waals surface area contributed by atoms with Crippen LogP contribution in [-0.2, 0) is 0 Å². The minimum absolute atomic E-state index is 0. The molecule has 6 nitrogen and oxygen atoms in total. The van der Waals surface area contributed by atoms with Gasteiger partial charge in [-0.15, -0.1) is 12.4 Å². The van der Waals surface area contributed by atoms with E-state index in [0.29, 0.717) is 17.1 Å². The predicted molar refractivity (Wildman–Crippen MR) is 105 cm³/mol. The van der Waals surface area contributed by atoms with E-state index in [2.05, 4.69) is 10.2 Å². The van der Waals surface area contributed by atoms with Crippen LogP contribution >= 0.6 is 12.4 Å². The van der Waals surface area contributed by atoms with Crippen LogP contribution in [0.5, 0.6) is 11.5 Å². The summed E-state index contributed by atoms with van der Waals surface area (Å²) in [5.74, 6) is 2.14. The summed E-state index contributed by atoms with van der Waals surface area (Å²) in [6.45, 7) is 6.92. The Labute approximate surface area is 162 Å². The first-order valence-corrected chi connectivity index (χ1v) is 9.15. The zero-order chi connectivity index (χ0) is 17.6. The zero-order valence-corrected chi connectivity index (χ0v) is 16.5. The van der Waals surface area contributed by atoms with Gasteiger partial charge in [0.2, 0.25) is 0 Å². The molecule has 0 radical (unpaired) electrons. The van der Waals surface area contributed by atoms with Gasteiger partial charge in [-0.05, 0) is 44.0 Å². The number of methoxy groups -OCH3 is 2. The van der Waals surface area contributed by atoms with E-state index in [9.17, 15) is 4.79 Å². The smallest absolute Gasteiger partial charge is 0.254 e. The number of rotatable bonds is 5. The molecule has 2 saturated heterocycles. The molecule has 0 unspecified atom stereocenters. The fourth-order valence-electron chi connectivity index (χ4n) is 3.68. The molecule has 1 N–H and O–H groups in total. The van der Waals surface area contributed by atoms with Crippen molar-refractivity contribution < 1.29 is 14.3 Å². The van der Waals surface area contributed by atoms with Crippen molar-refractivity contribution in [3.8, 4) is 11.5 Å². The molecule has 1 aromatic carbocycles. The first kappa shape index (κ1) is 20.8. The van der Waals surface area contributed by atoms with Crippen molar-refractivity contribution in [3.05, 3.63) is 23.8 Å². The third kappa shape index (κ3) is 5.25. The predicted octanol–water partition coefficient (Wildman–Crippen LogP) is 1.88. The lowest BCUT2D eigenvalue weighted by molar-refractivity contribution is 0.0607. The molecule has 0 atom stereocenters. The first-order chi connectivity index (χ1) is 12.2. The number of benzene rings is 1. The quantitative estimate of drug-likeness (QED) is 0.841. The van der Waals surface area contributed by atoms with Crippen LogP contribution in [-0.4, -0.2) is 75.7 Å². The molecule has 26 heavy (non-hydrogen) atoms. The average molecular weight is 384 g/mol. The van der Waals surface area contributed by atoms with Gasteiger partial charge >= 0.3 is 0 Å². The van der Waals surface area contributed by atoms with Gasteiger partial charge in [0.15, 0.2) is 0 Å². The molecule has 0 spiro atoms. The molecule has 0 aliphatic carbocycles. The highest BCUT2D eigenvalue weighted by Gasteiger charge is 2.25. The molecule has 0 aromatic heterocycles. The summed E-state index contributed by atoms with van der Waals surface area (Å²) in [4.78, 5) is 17.3. The van der Waals surface area contributed by atoms with Gasteiger partial charge in [-0.1, -0.05) is 0 Å². The average Bonchev–Trinajstić information content (AvgIpc) is 2.68.